The Balaban J connectivity index is 2.02. The van der Waals surface area contributed by atoms with Gasteiger partial charge in [-0.25, -0.2) is 4.98 Å². The minimum atomic E-state index is 0.745. The zero-order valence-corrected chi connectivity index (χ0v) is 12.8. The summed E-state index contributed by atoms with van der Waals surface area (Å²) in [7, 11) is 3.92. The topological polar surface area (TPSA) is 41.1 Å². The lowest BCUT2D eigenvalue weighted by molar-refractivity contribution is 0.779. The molecule has 0 fully saturated rings. The number of anilines is 1. The molecule has 2 rings (SSSR count). The first-order valence-corrected chi connectivity index (χ1v) is 7.26. The summed E-state index contributed by atoms with van der Waals surface area (Å²) in [5.74, 6) is 0.886. The number of hydrogen-bond acceptors (Lipinski definition) is 5. The van der Waals surface area contributed by atoms with Crippen molar-refractivity contribution in [2.45, 2.75) is 13.1 Å². The van der Waals surface area contributed by atoms with E-state index in [0.717, 1.165) is 28.4 Å². The van der Waals surface area contributed by atoms with E-state index in [1.165, 1.54) is 5.56 Å². The Kier molecular flexibility index (Phi) is 4.68. The molecule has 0 spiro atoms. The van der Waals surface area contributed by atoms with Crippen LogP contribution in [0.15, 0.2) is 27.6 Å². The van der Waals surface area contributed by atoms with E-state index in [-0.39, 0.29) is 0 Å². The maximum absolute atomic E-state index is 4.42. The van der Waals surface area contributed by atoms with E-state index >= 15 is 0 Å². The Morgan fingerprint density at radius 2 is 2.22 bits per heavy atom. The normalized spacial score (nSPS) is 10.6. The first-order chi connectivity index (χ1) is 8.69. The van der Waals surface area contributed by atoms with Crippen LogP contribution < -0.4 is 10.2 Å². The molecule has 0 atom stereocenters. The standard InChI is InChI=1S/C12H15BrN4S/c1-14-4-10-5-16-12(6-15-10)17(2)7-9-3-11(13)18-8-9/h3,5-6,8,14H,4,7H2,1-2H3. The second-order valence-electron chi connectivity index (χ2n) is 4.01. The van der Waals surface area contributed by atoms with Crippen LogP contribution >= 0.6 is 27.3 Å². The summed E-state index contributed by atoms with van der Waals surface area (Å²) in [5, 5.41) is 5.20. The number of nitrogens with one attached hydrogen (secondary N) is 1. The van der Waals surface area contributed by atoms with Crippen molar-refractivity contribution in [2.24, 2.45) is 0 Å². The molecule has 0 radical (unpaired) electrons. The number of hydrogen-bond donors (Lipinski definition) is 1. The van der Waals surface area contributed by atoms with Crippen LogP contribution in [-0.2, 0) is 13.1 Å². The van der Waals surface area contributed by atoms with E-state index < -0.39 is 0 Å². The Morgan fingerprint density at radius 1 is 1.39 bits per heavy atom. The van der Waals surface area contributed by atoms with Gasteiger partial charge in [-0.2, -0.15) is 0 Å². The highest BCUT2D eigenvalue weighted by molar-refractivity contribution is 9.11. The summed E-state index contributed by atoms with van der Waals surface area (Å²) in [4.78, 5) is 10.9. The number of rotatable bonds is 5. The van der Waals surface area contributed by atoms with Crippen molar-refractivity contribution in [3.63, 3.8) is 0 Å². The van der Waals surface area contributed by atoms with Gasteiger partial charge in [-0.15, -0.1) is 11.3 Å². The fourth-order valence-electron chi connectivity index (χ4n) is 1.60. The van der Waals surface area contributed by atoms with Crippen LogP contribution in [0.3, 0.4) is 0 Å². The van der Waals surface area contributed by atoms with Gasteiger partial charge < -0.3 is 10.2 Å². The fourth-order valence-corrected chi connectivity index (χ4v) is 2.80. The third-order valence-corrected chi connectivity index (χ3v) is 4.04. The second kappa shape index (κ2) is 6.26. The van der Waals surface area contributed by atoms with E-state index in [0.29, 0.717) is 0 Å². The van der Waals surface area contributed by atoms with E-state index in [1.54, 1.807) is 11.3 Å². The molecule has 0 aliphatic heterocycles. The molecule has 0 saturated carbocycles. The molecule has 0 saturated heterocycles. The van der Waals surface area contributed by atoms with Crippen LogP contribution in [0.25, 0.3) is 0 Å². The maximum Gasteiger partial charge on any atom is 0.147 e. The molecule has 0 aromatic carbocycles. The molecule has 0 unspecified atom stereocenters. The molecule has 0 aliphatic carbocycles. The highest BCUT2D eigenvalue weighted by atomic mass is 79.9. The summed E-state index contributed by atoms with van der Waals surface area (Å²) in [6.07, 6.45) is 3.62. The number of nitrogens with zero attached hydrogens (tertiary/aromatic N) is 3. The first-order valence-electron chi connectivity index (χ1n) is 5.58. The number of thiophene rings is 1. The molecule has 96 valence electrons. The molecule has 18 heavy (non-hydrogen) atoms. The SMILES string of the molecule is CNCc1cnc(N(C)Cc2csc(Br)c2)cn1. The molecule has 0 amide bonds. The summed E-state index contributed by atoms with van der Waals surface area (Å²) >= 11 is 5.17. The molecule has 2 aromatic rings. The van der Waals surface area contributed by atoms with Gasteiger partial charge >= 0.3 is 0 Å². The third-order valence-electron chi connectivity index (χ3n) is 2.48. The molecule has 0 aliphatic rings. The zero-order chi connectivity index (χ0) is 13.0. The van der Waals surface area contributed by atoms with Crippen LogP contribution in [0.2, 0.25) is 0 Å². The largest absolute Gasteiger partial charge is 0.354 e. The lowest BCUT2D eigenvalue weighted by atomic mass is 10.3. The Labute approximate surface area is 119 Å². The van der Waals surface area contributed by atoms with Crippen molar-refractivity contribution < 1.29 is 0 Å². The summed E-state index contributed by atoms with van der Waals surface area (Å²) in [6, 6.07) is 2.13. The maximum atomic E-state index is 4.42. The molecular weight excluding hydrogens is 312 g/mol. The van der Waals surface area contributed by atoms with E-state index in [4.69, 9.17) is 0 Å². The zero-order valence-electron chi connectivity index (χ0n) is 10.4. The predicted octanol–water partition coefficient (Wildman–Crippen LogP) is 2.66. The number of aromatic nitrogens is 2. The summed E-state index contributed by atoms with van der Waals surface area (Å²) < 4.78 is 1.15. The Morgan fingerprint density at radius 3 is 2.78 bits per heavy atom. The van der Waals surface area contributed by atoms with Gasteiger partial charge in [0.1, 0.15) is 5.82 Å². The lowest BCUT2D eigenvalue weighted by Gasteiger charge is -2.17. The van der Waals surface area contributed by atoms with Crippen molar-refractivity contribution in [1.82, 2.24) is 15.3 Å². The monoisotopic (exact) mass is 326 g/mol. The molecule has 6 heteroatoms. The van der Waals surface area contributed by atoms with Crippen molar-refractivity contribution in [3.05, 3.63) is 38.9 Å². The van der Waals surface area contributed by atoms with Crippen LogP contribution in [0.4, 0.5) is 5.82 Å². The highest BCUT2D eigenvalue weighted by Gasteiger charge is 2.06. The van der Waals surface area contributed by atoms with Gasteiger partial charge in [-0.05, 0) is 40.0 Å². The third kappa shape index (κ3) is 3.51. The van der Waals surface area contributed by atoms with Gasteiger partial charge in [0.05, 0.1) is 21.9 Å². The van der Waals surface area contributed by atoms with Crippen LogP contribution in [-0.4, -0.2) is 24.1 Å². The van der Waals surface area contributed by atoms with E-state index in [1.807, 2.05) is 26.5 Å². The first kappa shape index (κ1) is 13.5. The minimum Gasteiger partial charge on any atom is -0.354 e. The van der Waals surface area contributed by atoms with E-state index in [2.05, 4.69) is 47.6 Å². The van der Waals surface area contributed by atoms with Crippen LogP contribution in [0, 0.1) is 0 Å². The second-order valence-corrected chi connectivity index (χ2v) is 6.30. The van der Waals surface area contributed by atoms with Crippen LogP contribution in [0.5, 0.6) is 0 Å². The van der Waals surface area contributed by atoms with Crippen molar-refractivity contribution in [3.8, 4) is 0 Å². The van der Waals surface area contributed by atoms with E-state index in [9.17, 15) is 0 Å². The minimum absolute atomic E-state index is 0.745. The lowest BCUT2D eigenvalue weighted by Crippen LogP contribution is -2.18. The highest BCUT2D eigenvalue weighted by Crippen LogP contribution is 2.22. The molecule has 1 N–H and O–H groups in total. The fraction of sp³-hybridized carbons (Fsp3) is 0.333. The molecule has 2 aromatic heterocycles. The van der Waals surface area contributed by atoms with Gasteiger partial charge in [0.15, 0.2) is 0 Å². The Hall–Kier alpha value is -0.980. The molecule has 0 bridgehead atoms. The van der Waals surface area contributed by atoms with Gasteiger partial charge in [0.2, 0.25) is 0 Å². The summed E-state index contributed by atoms with van der Waals surface area (Å²) in [5.41, 5.74) is 2.23. The van der Waals surface area contributed by atoms with Crippen molar-refractivity contribution in [2.75, 3.05) is 19.0 Å². The van der Waals surface area contributed by atoms with Gasteiger partial charge in [0, 0.05) is 20.1 Å². The summed E-state index contributed by atoms with van der Waals surface area (Å²) in [6.45, 7) is 1.58. The molecular formula is C12H15BrN4S. The quantitative estimate of drug-likeness (QED) is 0.917. The average molecular weight is 327 g/mol. The molecule has 4 nitrogen and oxygen atoms in total. The molecule has 2 heterocycles. The average Bonchev–Trinajstić information content (AvgIpc) is 2.76. The van der Waals surface area contributed by atoms with Crippen molar-refractivity contribution >= 4 is 33.1 Å². The Bertz CT molecular complexity index is 497. The van der Waals surface area contributed by atoms with Gasteiger partial charge in [-0.3, -0.25) is 4.98 Å². The van der Waals surface area contributed by atoms with Gasteiger partial charge in [-0.1, -0.05) is 0 Å². The van der Waals surface area contributed by atoms with Gasteiger partial charge in [0.25, 0.3) is 0 Å². The number of halogens is 1. The smallest absolute Gasteiger partial charge is 0.147 e. The van der Waals surface area contributed by atoms with Crippen molar-refractivity contribution in [1.29, 1.82) is 0 Å². The van der Waals surface area contributed by atoms with Crippen LogP contribution in [0.1, 0.15) is 11.3 Å². The predicted molar refractivity (Wildman–Crippen MR) is 78.9 cm³/mol.